The lowest BCUT2D eigenvalue weighted by Crippen LogP contribution is -2.48. The highest BCUT2D eigenvalue weighted by atomic mass is 31.2. The van der Waals surface area contributed by atoms with Crippen molar-refractivity contribution < 1.29 is 18.9 Å². The van der Waals surface area contributed by atoms with Gasteiger partial charge in [0.15, 0.2) is 5.16 Å². The smallest absolute Gasteiger partial charge is 0.360 e. The second kappa shape index (κ2) is 6.33. The molecule has 0 aromatic carbocycles. The second-order valence-corrected chi connectivity index (χ2v) is 7.00. The third kappa shape index (κ3) is 3.35. The number of hydroxylamine groups is 2. The summed E-state index contributed by atoms with van der Waals surface area (Å²) >= 11 is 0. The average molecular weight is 293 g/mol. The number of piperazine rings is 1. The molecule has 1 amide bonds. The van der Waals surface area contributed by atoms with E-state index in [0.29, 0.717) is 13.1 Å². The largest absolute Gasteiger partial charge is 0.369 e. The Labute approximate surface area is 114 Å². The molecule has 7 nitrogen and oxygen atoms in total. The molecule has 0 aromatic rings. The highest BCUT2D eigenvalue weighted by molar-refractivity contribution is 7.55. The predicted molar refractivity (Wildman–Crippen MR) is 72.5 cm³/mol. The number of amides is 1. The molecule has 1 heterocycles. The van der Waals surface area contributed by atoms with Crippen LogP contribution in [0.3, 0.4) is 0 Å². The van der Waals surface area contributed by atoms with Crippen LogP contribution in [0.5, 0.6) is 0 Å². The summed E-state index contributed by atoms with van der Waals surface area (Å²) in [5, 5.41) is -0.0415. The standard InChI is InChI=1S/C11H24N3O4P/c1-4-11(5-2,10(12)15)19(16,17)18-14-8-6-13(3)7-9-14/h4-9H2,1-3H3,(H2,12,15)(H,16,17). The molecule has 0 saturated carbocycles. The van der Waals surface area contributed by atoms with Crippen molar-refractivity contribution in [2.75, 3.05) is 33.2 Å². The number of likely N-dealkylation sites (N-methyl/N-ethyl adjacent to an activating group) is 1. The first-order valence-electron chi connectivity index (χ1n) is 6.55. The van der Waals surface area contributed by atoms with E-state index >= 15 is 0 Å². The molecule has 1 aliphatic rings. The maximum absolute atomic E-state index is 12.5. The van der Waals surface area contributed by atoms with Crippen LogP contribution < -0.4 is 5.73 Å². The minimum atomic E-state index is -4.15. The topological polar surface area (TPSA) is 96.1 Å². The number of primary amides is 1. The van der Waals surface area contributed by atoms with E-state index in [1.807, 2.05) is 7.05 Å². The quantitative estimate of drug-likeness (QED) is 0.688. The third-order valence-corrected chi connectivity index (χ3v) is 6.24. The van der Waals surface area contributed by atoms with Crippen LogP contribution in [-0.2, 0) is 14.0 Å². The Morgan fingerprint density at radius 1 is 1.32 bits per heavy atom. The van der Waals surface area contributed by atoms with E-state index in [0.717, 1.165) is 13.1 Å². The molecule has 0 aliphatic carbocycles. The van der Waals surface area contributed by atoms with Gasteiger partial charge >= 0.3 is 7.60 Å². The summed E-state index contributed by atoms with van der Waals surface area (Å²) in [6, 6.07) is 0. The van der Waals surface area contributed by atoms with Crippen LogP contribution in [0.4, 0.5) is 0 Å². The summed E-state index contributed by atoms with van der Waals surface area (Å²) in [5.74, 6) is -0.780. The molecule has 3 N–H and O–H groups in total. The summed E-state index contributed by atoms with van der Waals surface area (Å²) in [4.78, 5) is 23.9. The van der Waals surface area contributed by atoms with Crippen molar-refractivity contribution >= 4 is 13.5 Å². The SMILES string of the molecule is CCC(CC)(C(N)=O)P(=O)(O)ON1CCN(C)CC1. The fraction of sp³-hybridized carbons (Fsp3) is 0.909. The van der Waals surface area contributed by atoms with Gasteiger partial charge in [-0.25, -0.2) is 4.62 Å². The lowest BCUT2D eigenvalue weighted by Gasteiger charge is -2.37. The first-order chi connectivity index (χ1) is 8.79. The fourth-order valence-electron chi connectivity index (χ4n) is 2.24. The molecule has 0 aromatic heterocycles. The maximum atomic E-state index is 12.5. The van der Waals surface area contributed by atoms with Gasteiger partial charge in [0.2, 0.25) is 5.91 Å². The van der Waals surface area contributed by atoms with Gasteiger partial charge in [-0.3, -0.25) is 9.36 Å². The molecular weight excluding hydrogens is 269 g/mol. The van der Waals surface area contributed by atoms with Crippen molar-refractivity contribution in [1.29, 1.82) is 0 Å². The number of carbonyl (C=O) groups is 1. The summed E-state index contributed by atoms with van der Waals surface area (Å²) in [6.07, 6.45) is 0.362. The zero-order valence-electron chi connectivity index (χ0n) is 11.8. The summed E-state index contributed by atoms with van der Waals surface area (Å²) in [5.41, 5.74) is 5.33. The van der Waals surface area contributed by atoms with Crippen molar-refractivity contribution in [1.82, 2.24) is 9.96 Å². The Morgan fingerprint density at radius 3 is 2.16 bits per heavy atom. The third-order valence-electron chi connectivity index (χ3n) is 3.86. The number of rotatable bonds is 6. The lowest BCUT2D eigenvalue weighted by molar-refractivity contribution is -0.124. The monoisotopic (exact) mass is 293 g/mol. The van der Waals surface area contributed by atoms with Gasteiger partial charge in [0.1, 0.15) is 0 Å². The minimum absolute atomic E-state index is 0.181. The summed E-state index contributed by atoms with van der Waals surface area (Å²) < 4.78 is 17.7. The van der Waals surface area contributed by atoms with Gasteiger partial charge < -0.3 is 15.5 Å². The Hall–Kier alpha value is -0.460. The first kappa shape index (κ1) is 16.6. The molecular formula is C11H24N3O4P. The van der Waals surface area contributed by atoms with Gasteiger partial charge in [0, 0.05) is 26.2 Å². The van der Waals surface area contributed by atoms with Crippen molar-refractivity contribution in [3.63, 3.8) is 0 Å². The van der Waals surface area contributed by atoms with E-state index in [-0.39, 0.29) is 12.8 Å². The molecule has 0 bridgehead atoms. The zero-order valence-corrected chi connectivity index (χ0v) is 12.7. The molecule has 1 saturated heterocycles. The van der Waals surface area contributed by atoms with E-state index in [1.54, 1.807) is 13.8 Å². The molecule has 1 rings (SSSR count). The molecule has 1 unspecified atom stereocenters. The highest BCUT2D eigenvalue weighted by Gasteiger charge is 2.52. The number of nitrogens with zero attached hydrogens (tertiary/aromatic N) is 2. The average Bonchev–Trinajstić information content (AvgIpc) is 2.33. The minimum Gasteiger partial charge on any atom is -0.369 e. The Kier molecular flexibility index (Phi) is 5.53. The first-order valence-corrected chi connectivity index (χ1v) is 8.13. The van der Waals surface area contributed by atoms with Crippen molar-refractivity contribution in [2.45, 2.75) is 31.8 Å². The lowest BCUT2D eigenvalue weighted by atomic mass is 10.0. The predicted octanol–water partition coefficient (Wildman–Crippen LogP) is 0.395. The van der Waals surface area contributed by atoms with E-state index in [1.165, 1.54) is 5.06 Å². The Morgan fingerprint density at radius 2 is 1.79 bits per heavy atom. The molecule has 112 valence electrons. The fourth-order valence-corrected chi connectivity index (χ4v) is 3.95. The van der Waals surface area contributed by atoms with E-state index in [9.17, 15) is 14.3 Å². The van der Waals surface area contributed by atoms with Crippen LogP contribution in [-0.4, -0.2) is 59.1 Å². The Bertz CT molecular complexity index is 365. The molecule has 0 spiro atoms. The van der Waals surface area contributed by atoms with Crippen LogP contribution in [0.15, 0.2) is 0 Å². The molecule has 1 aliphatic heterocycles. The van der Waals surface area contributed by atoms with Crippen LogP contribution in [0.2, 0.25) is 0 Å². The van der Waals surface area contributed by atoms with Crippen LogP contribution in [0.25, 0.3) is 0 Å². The number of carbonyl (C=O) groups excluding carboxylic acids is 1. The molecule has 19 heavy (non-hydrogen) atoms. The molecule has 8 heteroatoms. The Balaban J connectivity index is 2.84. The van der Waals surface area contributed by atoms with Crippen LogP contribution >= 0.6 is 7.60 Å². The van der Waals surface area contributed by atoms with Gasteiger partial charge in [0.05, 0.1) is 0 Å². The van der Waals surface area contributed by atoms with Crippen molar-refractivity contribution in [3.8, 4) is 0 Å². The number of hydrogen-bond acceptors (Lipinski definition) is 5. The molecule has 1 atom stereocenters. The van der Waals surface area contributed by atoms with Crippen LogP contribution in [0.1, 0.15) is 26.7 Å². The number of hydrogen-bond donors (Lipinski definition) is 2. The van der Waals surface area contributed by atoms with Crippen molar-refractivity contribution in [3.05, 3.63) is 0 Å². The van der Waals surface area contributed by atoms with Gasteiger partial charge in [-0.1, -0.05) is 13.8 Å². The second-order valence-electron chi connectivity index (χ2n) is 4.94. The van der Waals surface area contributed by atoms with Gasteiger partial charge in [0.25, 0.3) is 0 Å². The van der Waals surface area contributed by atoms with Gasteiger partial charge in [-0.15, -0.1) is 0 Å². The zero-order chi connectivity index (χ0) is 14.7. The number of nitrogens with two attached hydrogens (primary N) is 1. The maximum Gasteiger partial charge on any atom is 0.360 e. The van der Waals surface area contributed by atoms with E-state index < -0.39 is 18.7 Å². The highest BCUT2D eigenvalue weighted by Crippen LogP contribution is 2.59. The summed E-state index contributed by atoms with van der Waals surface area (Å²) in [6.45, 7) is 5.91. The molecule has 1 fully saturated rings. The normalized spacial score (nSPS) is 22.1. The van der Waals surface area contributed by atoms with E-state index in [2.05, 4.69) is 4.90 Å². The summed E-state index contributed by atoms with van der Waals surface area (Å²) in [7, 11) is -2.17. The van der Waals surface area contributed by atoms with Gasteiger partial charge in [-0.05, 0) is 19.9 Å². The van der Waals surface area contributed by atoms with Gasteiger partial charge in [-0.2, -0.15) is 5.06 Å². The van der Waals surface area contributed by atoms with Crippen molar-refractivity contribution in [2.24, 2.45) is 5.73 Å². The van der Waals surface area contributed by atoms with Crippen LogP contribution in [0, 0.1) is 0 Å². The van der Waals surface area contributed by atoms with E-state index in [4.69, 9.17) is 10.4 Å². The molecule has 0 radical (unpaired) electrons.